The van der Waals surface area contributed by atoms with Crippen LogP contribution in [-0.2, 0) is 9.16 Å². The molecule has 118 valence electrons. The fourth-order valence-corrected chi connectivity index (χ4v) is 2.34. The first-order valence-corrected chi connectivity index (χ1v) is 9.94. The van der Waals surface area contributed by atoms with Crippen LogP contribution in [0.15, 0.2) is 24.3 Å². The van der Waals surface area contributed by atoms with Crippen LogP contribution < -0.4 is 0 Å². The molecule has 22 heavy (non-hydrogen) atoms. The lowest BCUT2D eigenvalue weighted by molar-refractivity contribution is 0.0544. The van der Waals surface area contributed by atoms with Crippen molar-refractivity contribution in [3.63, 3.8) is 0 Å². The normalized spacial score (nSPS) is 11.5. The second-order valence-electron chi connectivity index (χ2n) is 6.48. The molecule has 1 aromatic carbocycles. The fraction of sp³-hybridized carbons (Fsp3) is 0.412. The van der Waals surface area contributed by atoms with Crippen molar-refractivity contribution in [2.45, 2.75) is 38.9 Å². The lowest BCUT2D eigenvalue weighted by Gasteiger charge is -2.35. The van der Waals surface area contributed by atoms with Gasteiger partial charge in [0.15, 0.2) is 6.61 Å². The average Bonchev–Trinajstić information content (AvgIpc) is 2.43. The number of esters is 1. The minimum atomic E-state index is -2.27. The molecule has 0 heterocycles. The Labute approximate surface area is 132 Å². The van der Waals surface area contributed by atoms with Gasteiger partial charge in [0.2, 0.25) is 0 Å². The molecule has 1 aromatic rings. The lowest BCUT2D eigenvalue weighted by atomic mass is 10.1. The highest BCUT2D eigenvalue weighted by Gasteiger charge is 2.41. The molecule has 5 heteroatoms. The largest absolute Gasteiger partial charge is 0.516 e. The van der Waals surface area contributed by atoms with E-state index in [9.17, 15) is 9.59 Å². The van der Waals surface area contributed by atoms with E-state index in [1.807, 2.05) is 33.9 Å². The van der Waals surface area contributed by atoms with Crippen LogP contribution in [-0.4, -0.2) is 26.9 Å². The number of terminal acetylenes is 1. The van der Waals surface area contributed by atoms with Crippen LogP contribution in [0.3, 0.4) is 0 Å². The first kappa shape index (κ1) is 18.0. The maximum Gasteiger partial charge on any atom is 0.339 e. The molecule has 0 radical (unpaired) electrons. The van der Waals surface area contributed by atoms with Crippen LogP contribution in [0.4, 0.5) is 0 Å². The molecule has 0 bridgehead atoms. The second-order valence-corrected chi connectivity index (χ2v) is 11.2. The van der Waals surface area contributed by atoms with Gasteiger partial charge in [0, 0.05) is 0 Å². The first-order valence-electron chi connectivity index (χ1n) is 7.03. The monoisotopic (exact) mass is 318 g/mol. The highest BCUT2D eigenvalue weighted by molar-refractivity contribution is 6.75. The van der Waals surface area contributed by atoms with Gasteiger partial charge in [-0.2, -0.15) is 0 Å². The molecule has 1 rings (SSSR count). The molecule has 0 amide bonds. The first-order chi connectivity index (χ1) is 10.1. The molecular formula is C17H22O4Si. The molecule has 0 unspecified atom stereocenters. The van der Waals surface area contributed by atoms with E-state index in [1.54, 1.807) is 18.2 Å². The van der Waals surface area contributed by atoms with Gasteiger partial charge in [-0.05, 0) is 30.3 Å². The number of ether oxygens (including phenoxy) is 1. The van der Waals surface area contributed by atoms with E-state index in [0.29, 0.717) is 0 Å². The van der Waals surface area contributed by atoms with Crippen molar-refractivity contribution in [2.75, 3.05) is 6.61 Å². The Bertz CT molecular complexity index is 606. The molecule has 0 fully saturated rings. The number of carbonyl (C=O) groups excluding carboxylic acids is 2. The Hall–Kier alpha value is -2.06. The van der Waals surface area contributed by atoms with Crippen LogP contribution in [0.25, 0.3) is 0 Å². The van der Waals surface area contributed by atoms with Crippen molar-refractivity contribution in [3.8, 4) is 12.3 Å². The van der Waals surface area contributed by atoms with E-state index < -0.39 is 20.3 Å². The van der Waals surface area contributed by atoms with E-state index in [-0.39, 0.29) is 22.8 Å². The zero-order valence-corrected chi connectivity index (χ0v) is 14.7. The smallest absolute Gasteiger partial charge is 0.339 e. The Morgan fingerprint density at radius 2 is 1.64 bits per heavy atom. The Morgan fingerprint density at radius 3 is 2.09 bits per heavy atom. The van der Waals surface area contributed by atoms with Gasteiger partial charge >= 0.3 is 11.9 Å². The third-order valence-corrected chi connectivity index (χ3v) is 8.12. The molecule has 0 aliphatic rings. The summed E-state index contributed by atoms with van der Waals surface area (Å²) < 4.78 is 10.6. The minimum absolute atomic E-state index is 0.110. The number of benzene rings is 1. The highest BCUT2D eigenvalue weighted by Crippen LogP contribution is 2.37. The van der Waals surface area contributed by atoms with Gasteiger partial charge in [0.25, 0.3) is 8.32 Å². The molecule has 0 saturated carbocycles. The number of rotatable bonds is 4. The zero-order valence-electron chi connectivity index (χ0n) is 13.7. The van der Waals surface area contributed by atoms with Crippen molar-refractivity contribution in [1.29, 1.82) is 0 Å². The van der Waals surface area contributed by atoms with Crippen LogP contribution in [0.2, 0.25) is 18.1 Å². The van der Waals surface area contributed by atoms with Gasteiger partial charge in [0.05, 0.1) is 11.1 Å². The van der Waals surface area contributed by atoms with Gasteiger partial charge in [-0.25, -0.2) is 9.59 Å². The summed E-state index contributed by atoms with van der Waals surface area (Å²) in [5.74, 6) is 1.10. The van der Waals surface area contributed by atoms with Crippen molar-refractivity contribution in [2.24, 2.45) is 0 Å². The van der Waals surface area contributed by atoms with Gasteiger partial charge in [0.1, 0.15) is 0 Å². The molecule has 0 aliphatic heterocycles. The topological polar surface area (TPSA) is 52.6 Å². The van der Waals surface area contributed by atoms with Crippen LogP contribution in [0.5, 0.6) is 0 Å². The molecule has 0 atom stereocenters. The van der Waals surface area contributed by atoms with Crippen molar-refractivity contribution in [1.82, 2.24) is 0 Å². The maximum atomic E-state index is 12.5. The van der Waals surface area contributed by atoms with Crippen molar-refractivity contribution in [3.05, 3.63) is 35.4 Å². The minimum Gasteiger partial charge on any atom is -0.516 e. The number of hydrogen-bond acceptors (Lipinski definition) is 4. The summed E-state index contributed by atoms with van der Waals surface area (Å²) in [5.41, 5.74) is 0.371. The molecular weight excluding hydrogens is 296 g/mol. The molecule has 0 N–H and O–H groups in total. The standard InChI is InChI=1S/C17H22O4Si/c1-7-12-20-15(18)13-10-8-9-11-14(13)16(19)21-22(5,6)17(2,3)4/h1,8-11H,12H2,2-6H3. The molecule has 0 spiro atoms. The summed E-state index contributed by atoms with van der Waals surface area (Å²) in [6, 6.07) is 6.43. The third-order valence-electron chi connectivity index (χ3n) is 3.81. The summed E-state index contributed by atoms with van der Waals surface area (Å²) in [6.07, 6.45) is 5.07. The van der Waals surface area contributed by atoms with E-state index in [1.165, 1.54) is 6.07 Å². The van der Waals surface area contributed by atoms with Gasteiger partial charge in [-0.1, -0.05) is 38.8 Å². The van der Waals surface area contributed by atoms with E-state index in [4.69, 9.17) is 15.6 Å². The summed E-state index contributed by atoms with van der Waals surface area (Å²) in [4.78, 5) is 24.4. The zero-order chi connectivity index (χ0) is 17.0. The summed E-state index contributed by atoms with van der Waals surface area (Å²) >= 11 is 0. The predicted octanol–water partition coefficient (Wildman–Crippen LogP) is 3.64. The third kappa shape index (κ3) is 4.22. The summed E-state index contributed by atoms with van der Waals surface area (Å²) in [6.45, 7) is 9.94. The van der Waals surface area contributed by atoms with Crippen molar-refractivity contribution >= 4 is 20.3 Å². The van der Waals surface area contributed by atoms with Gasteiger partial charge in [-0.3, -0.25) is 0 Å². The summed E-state index contributed by atoms with van der Waals surface area (Å²) in [5, 5.41) is -0.110. The molecule has 0 aliphatic carbocycles. The fourth-order valence-electron chi connectivity index (χ4n) is 1.46. The van der Waals surface area contributed by atoms with Gasteiger partial charge < -0.3 is 9.16 Å². The Balaban J connectivity index is 3.05. The van der Waals surface area contributed by atoms with Crippen molar-refractivity contribution < 1.29 is 18.8 Å². The van der Waals surface area contributed by atoms with Gasteiger partial charge in [-0.15, -0.1) is 6.42 Å². The lowest BCUT2D eigenvalue weighted by Crippen LogP contribution is -2.42. The predicted molar refractivity (Wildman–Crippen MR) is 88.2 cm³/mol. The SMILES string of the molecule is C#CCOC(=O)c1ccccc1C(=O)O[Si](C)(C)C(C)(C)C. The highest BCUT2D eigenvalue weighted by atomic mass is 28.4. The maximum absolute atomic E-state index is 12.5. The van der Waals surface area contributed by atoms with Crippen LogP contribution in [0, 0.1) is 12.3 Å². The van der Waals surface area contributed by atoms with E-state index in [2.05, 4.69) is 5.92 Å². The molecule has 4 nitrogen and oxygen atoms in total. The molecule has 0 aromatic heterocycles. The quantitative estimate of drug-likeness (QED) is 0.483. The van der Waals surface area contributed by atoms with E-state index in [0.717, 1.165) is 0 Å². The average molecular weight is 318 g/mol. The Morgan fingerprint density at radius 1 is 1.14 bits per heavy atom. The summed E-state index contributed by atoms with van der Waals surface area (Å²) in [7, 11) is -2.27. The van der Waals surface area contributed by atoms with E-state index >= 15 is 0 Å². The Kier molecular flexibility index (Phi) is 5.56. The second kappa shape index (κ2) is 6.80. The molecule has 0 saturated heterocycles. The number of hydrogen-bond donors (Lipinski definition) is 0. The van der Waals surface area contributed by atoms with Crippen LogP contribution >= 0.6 is 0 Å². The number of carbonyl (C=O) groups is 2. The van der Waals surface area contributed by atoms with Crippen LogP contribution in [0.1, 0.15) is 41.5 Å².